The van der Waals surface area contributed by atoms with Crippen LogP contribution >= 0.6 is 0 Å². The third-order valence-corrected chi connectivity index (χ3v) is 11.1. The van der Waals surface area contributed by atoms with Crippen LogP contribution in [-0.4, -0.2) is 0 Å². The van der Waals surface area contributed by atoms with Gasteiger partial charge in [0.05, 0.1) is 5.69 Å². The number of nitrogens with zero attached hydrogens (tertiary/aromatic N) is 1. The van der Waals surface area contributed by atoms with Crippen molar-refractivity contribution < 1.29 is 0 Å². The van der Waals surface area contributed by atoms with Crippen molar-refractivity contribution >= 4 is 38.6 Å². The molecule has 0 N–H and O–H groups in total. The minimum Gasteiger partial charge on any atom is -0.310 e. The molecule has 10 rings (SSSR count). The molecule has 0 atom stereocenters. The van der Waals surface area contributed by atoms with Crippen molar-refractivity contribution in [1.29, 1.82) is 0 Å². The van der Waals surface area contributed by atoms with Crippen LogP contribution in [0.2, 0.25) is 0 Å². The molecule has 10 aromatic rings. The van der Waals surface area contributed by atoms with E-state index in [1.165, 1.54) is 71.6 Å². The summed E-state index contributed by atoms with van der Waals surface area (Å²) in [5.74, 6) is 0. The van der Waals surface area contributed by atoms with Crippen molar-refractivity contribution in [2.75, 3.05) is 4.90 Å². The third-order valence-electron chi connectivity index (χ3n) is 11.1. The Kier molecular flexibility index (Phi) is 8.95. The maximum atomic E-state index is 2.43. The first-order valence-corrected chi connectivity index (χ1v) is 19.6. The van der Waals surface area contributed by atoms with E-state index in [1.807, 2.05) is 0 Å². The van der Waals surface area contributed by atoms with Gasteiger partial charge in [0, 0.05) is 16.9 Å². The van der Waals surface area contributed by atoms with E-state index in [-0.39, 0.29) is 0 Å². The quantitative estimate of drug-likeness (QED) is 0.151. The zero-order valence-electron chi connectivity index (χ0n) is 31.5. The first-order valence-electron chi connectivity index (χ1n) is 19.6. The van der Waals surface area contributed by atoms with Gasteiger partial charge in [-0.2, -0.15) is 0 Å². The summed E-state index contributed by atoms with van der Waals surface area (Å²) >= 11 is 0. The molecule has 0 fully saturated rings. The van der Waals surface area contributed by atoms with Gasteiger partial charge in [-0.15, -0.1) is 0 Å². The van der Waals surface area contributed by atoms with Gasteiger partial charge in [-0.25, -0.2) is 0 Å². The van der Waals surface area contributed by atoms with Gasteiger partial charge in [-0.3, -0.25) is 0 Å². The highest BCUT2D eigenvalue weighted by Gasteiger charge is 2.21. The molecule has 0 aliphatic rings. The molecule has 0 bridgehead atoms. The van der Waals surface area contributed by atoms with E-state index in [2.05, 4.69) is 241 Å². The number of benzene rings is 10. The monoisotopic (exact) mass is 725 g/mol. The van der Waals surface area contributed by atoms with Gasteiger partial charge in [0.1, 0.15) is 0 Å². The highest BCUT2D eigenvalue weighted by molar-refractivity contribution is 6.00. The highest BCUT2D eigenvalue weighted by Crippen LogP contribution is 2.47. The molecule has 57 heavy (non-hydrogen) atoms. The molecule has 1 nitrogen and oxygen atoms in total. The lowest BCUT2D eigenvalue weighted by Gasteiger charge is -2.29. The summed E-state index contributed by atoms with van der Waals surface area (Å²) in [6, 6.07) is 85.8. The number of hydrogen-bond donors (Lipinski definition) is 0. The molecule has 0 spiro atoms. The SMILES string of the molecule is c1ccc(-c2ccc(-c3ccccc3-c3ccccc3)c(-c3ccccc3N(c3ccc(-c4cccc5ccccc45)cc3)c3ccc4ccccc4c3)c2)cc1. The molecular weight excluding hydrogens is 687 g/mol. The normalized spacial score (nSPS) is 11.2. The largest absolute Gasteiger partial charge is 0.310 e. The molecule has 0 unspecified atom stereocenters. The maximum Gasteiger partial charge on any atom is 0.0540 e. The second kappa shape index (κ2) is 15.0. The van der Waals surface area contributed by atoms with E-state index in [9.17, 15) is 0 Å². The average molecular weight is 726 g/mol. The smallest absolute Gasteiger partial charge is 0.0540 e. The van der Waals surface area contributed by atoms with E-state index in [4.69, 9.17) is 0 Å². The minimum atomic E-state index is 1.09. The maximum absolute atomic E-state index is 2.43. The van der Waals surface area contributed by atoms with E-state index in [1.54, 1.807) is 0 Å². The Labute approximate surface area is 334 Å². The van der Waals surface area contributed by atoms with E-state index >= 15 is 0 Å². The van der Waals surface area contributed by atoms with Crippen molar-refractivity contribution in [3.05, 3.63) is 237 Å². The zero-order valence-corrected chi connectivity index (χ0v) is 31.5. The molecule has 0 saturated heterocycles. The molecule has 268 valence electrons. The summed E-state index contributed by atoms with van der Waals surface area (Å²) < 4.78 is 0. The number of para-hydroxylation sites is 1. The van der Waals surface area contributed by atoms with Crippen molar-refractivity contribution in [1.82, 2.24) is 0 Å². The summed E-state index contributed by atoms with van der Waals surface area (Å²) in [7, 11) is 0. The lowest BCUT2D eigenvalue weighted by Crippen LogP contribution is -2.11. The molecule has 0 aliphatic carbocycles. The van der Waals surface area contributed by atoms with Crippen molar-refractivity contribution in [2.45, 2.75) is 0 Å². The molecule has 0 saturated carbocycles. The van der Waals surface area contributed by atoms with Crippen LogP contribution in [0.5, 0.6) is 0 Å². The van der Waals surface area contributed by atoms with Crippen LogP contribution in [-0.2, 0) is 0 Å². The molecular formula is C56H39N. The van der Waals surface area contributed by atoms with Gasteiger partial charge in [0.15, 0.2) is 0 Å². The van der Waals surface area contributed by atoms with Crippen LogP contribution in [0.15, 0.2) is 237 Å². The minimum absolute atomic E-state index is 1.09. The zero-order chi connectivity index (χ0) is 38.0. The molecule has 0 amide bonds. The fourth-order valence-corrected chi connectivity index (χ4v) is 8.31. The summed E-state index contributed by atoms with van der Waals surface area (Å²) in [5.41, 5.74) is 15.2. The van der Waals surface area contributed by atoms with Crippen molar-refractivity contribution in [3.8, 4) is 55.6 Å². The Bertz CT molecular complexity index is 2990. The van der Waals surface area contributed by atoms with Gasteiger partial charge in [0.25, 0.3) is 0 Å². The van der Waals surface area contributed by atoms with Crippen molar-refractivity contribution in [3.63, 3.8) is 0 Å². The van der Waals surface area contributed by atoms with E-state index < -0.39 is 0 Å². The lowest BCUT2D eigenvalue weighted by molar-refractivity contribution is 1.29. The van der Waals surface area contributed by atoms with Crippen LogP contribution in [0.1, 0.15) is 0 Å². The molecule has 0 aliphatic heterocycles. The predicted octanol–water partition coefficient (Wildman–Crippen LogP) is 15.8. The first kappa shape index (κ1) is 34.0. The Hall–Kier alpha value is -7.48. The Balaban J connectivity index is 1.19. The third kappa shape index (κ3) is 6.56. The fourth-order valence-electron chi connectivity index (χ4n) is 8.31. The molecule has 0 aromatic heterocycles. The van der Waals surface area contributed by atoms with Crippen LogP contribution < -0.4 is 4.90 Å². The molecule has 0 radical (unpaired) electrons. The summed E-state index contributed by atoms with van der Waals surface area (Å²) in [4.78, 5) is 2.43. The Morgan fingerprint density at radius 3 is 1.54 bits per heavy atom. The second-order valence-electron chi connectivity index (χ2n) is 14.5. The molecule has 10 aromatic carbocycles. The average Bonchev–Trinajstić information content (AvgIpc) is 3.30. The summed E-state index contributed by atoms with van der Waals surface area (Å²) in [6.07, 6.45) is 0. The number of rotatable bonds is 8. The van der Waals surface area contributed by atoms with Gasteiger partial charge >= 0.3 is 0 Å². The number of hydrogen-bond acceptors (Lipinski definition) is 1. The van der Waals surface area contributed by atoms with Crippen LogP contribution in [0, 0.1) is 0 Å². The predicted molar refractivity (Wildman–Crippen MR) is 243 cm³/mol. The van der Waals surface area contributed by atoms with Gasteiger partial charge in [0.2, 0.25) is 0 Å². The topological polar surface area (TPSA) is 3.24 Å². The van der Waals surface area contributed by atoms with Crippen LogP contribution in [0.4, 0.5) is 17.1 Å². The van der Waals surface area contributed by atoms with Gasteiger partial charge in [-0.05, 0) is 108 Å². The summed E-state index contributed by atoms with van der Waals surface area (Å²) in [5, 5.41) is 4.92. The fraction of sp³-hybridized carbons (Fsp3) is 0. The summed E-state index contributed by atoms with van der Waals surface area (Å²) in [6.45, 7) is 0. The van der Waals surface area contributed by atoms with Gasteiger partial charge in [-0.1, -0.05) is 200 Å². The van der Waals surface area contributed by atoms with E-state index in [0.29, 0.717) is 0 Å². The highest BCUT2D eigenvalue weighted by atomic mass is 15.1. The van der Waals surface area contributed by atoms with E-state index in [0.717, 1.165) is 22.6 Å². The molecule has 0 heterocycles. The first-order chi connectivity index (χ1) is 28.3. The van der Waals surface area contributed by atoms with Crippen LogP contribution in [0.3, 0.4) is 0 Å². The Morgan fingerprint density at radius 1 is 0.228 bits per heavy atom. The second-order valence-corrected chi connectivity index (χ2v) is 14.5. The lowest BCUT2D eigenvalue weighted by atomic mass is 9.86. The standard InChI is InChI=1S/C56H39N/c1-3-16-40(17-4-1)46-33-37-53(52-26-12-11-25-51(52)42-19-5-2-6-20-42)55(39-46)54-27-13-14-29-56(54)57(48-36-30-41-18-7-8-22-45(41)38-48)47-34-31-44(32-35-47)50-28-15-23-43-21-9-10-24-49(43)50/h1-39H. The van der Waals surface area contributed by atoms with Crippen molar-refractivity contribution in [2.24, 2.45) is 0 Å². The Morgan fingerprint density at radius 2 is 0.754 bits per heavy atom. The molecule has 1 heteroatoms. The number of anilines is 3. The van der Waals surface area contributed by atoms with Crippen LogP contribution in [0.25, 0.3) is 77.2 Å². The van der Waals surface area contributed by atoms with Gasteiger partial charge < -0.3 is 4.90 Å². The number of fused-ring (bicyclic) bond motifs is 2.